The Balaban J connectivity index is 2.49. The fourth-order valence-electron chi connectivity index (χ4n) is 1.33. The van der Waals surface area contributed by atoms with Crippen molar-refractivity contribution < 1.29 is 4.79 Å². The van der Waals surface area contributed by atoms with Crippen LogP contribution in [0.25, 0.3) is 0 Å². The Morgan fingerprint density at radius 1 is 1.80 bits per heavy atom. The second-order valence-corrected chi connectivity index (χ2v) is 2.82. The van der Waals surface area contributed by atoms with Crippen molar-refractivity contribution in [3.8, 4) is 0 Å². The van der Waals surface area contributed by atoms with Crippen LogP contribution in [0.15, 0.2) is 12.7 Å². The molecule has 0 aromatic heterocycles. The number of allylic oxidation sites excluding steroid dienone is 1. The van der Waals surface area contributed by atoms with E-state index in [2.05, 4.69) is 13.5 Å². The molecular weight excluding hydrogens is 126 g/mol. The van der Waals surface area contributed by atoms with Gasteiger partial charge < -0.3 is 4.90 Å². The molecule has 0 saturated carbocycles. The summed E-state index contributed by atoms with van der Waals surface area (Å²) < 4.78 is 0. The first-order chi connectivity index (χ1) is 4.68. The van der Waals surface area contributed by atoms with Crippen LogP contribution in [0.5, 0.6) is 0 Å². The molecule has 10 heavy (non-hydrogen) atoms. The van der Waals surface area contributed by atoms with Gasteiger partial charge in [-0.15, -0.1) is 6.58 Å². The van der Waals surface area contributed by atoms with Crippen LogP contribution >= 0.6 is 0 Å². The molecule has 2 nitrogen and oxygen atoms in total. The third kappa shape index (κ3) is 0.838. The molecule has 1 unspecified atom stereocenters. The minimum atomic E-state index is 0.211. The third-order valence-corrected chi connectivity index (χ3v) is 2.28. The molecule has 56 valence electrons. The van der Waals surface area contributed by atoms with Crippen LogP contribution in [0.3, 0.4) is 0 Å². The molecule has 1 aliphatic heterocycles. The van der Waals surface area contributed by atoms with Gasteiger partial charge in [-0.1, -0.05) is 6.08 Å². The third-order valence-electron chi connectivity index (χ3n) is 2.28. The molecule has 0 aromatic carbocycles. The van der Waals surface area contributed by atoms with Crippen LogP contribution in [-0.4, -0.2) is 23.9 Å². The number of rotatable bonds is 2. The van der Waals surface area contributed by atoms with E-state index in [4.69, 9.17) is 0 Å². The van der Waals surface area contributed by atoms with E-state index in [1.165, 1.54) is 0 Å². The van der Waals surface area contributed by atoms with E-state index in [1.807, 2.05) is 13.1 Å². The topological polar surface area (TPSA) is 20.3 Å². The first-order valence-electron chi connectivity index (χ1n) is 3.56. The van der Waals surface area contributed by atoms with Crippen molar-refractivity contribution in [1.29, 1.82) is 0 Å². The summed E-state index contributed by atoms with van der Waals surface area (Å²) in [6.45, 7) is 5.67. The Labute approximate surface area is 61.5 Å². The highest BCUT2D eigenvalue weighted by molar-refractivity contribution is 5.85. The lowest BCUT2D eigenvalue weighted by atomic mass is 9.87. The summed E-state index contributed by atoms with van der Waals surface area (Å²) in [5.74, 6) is 0.467. The Morgan fingerprint density at radius 2 is 2.40 bits per heavy atom. The van der Waals surface area contributed by atoms with Crippen molar-refractivity contribution in [2.45, 2.75) is 19.4 Å². The van der Waals surface area contributed by atoms with Gasteiger partial charge in [0, 0.05) is 13.1 Å². The van der Waals surface area contributed by atoms with E-state index in [1.54, 1.807) is 4.90 Å². The van der Waals surface area contributed by atoms with E-state index in [-0.39, 0.29) is 11.8 Å². The van der Waals surface area contributed by atoms with Crippen LogP contribution in [-0.2, 0) is 4.79 Å². The SMILES string of the molecule is C=CCC1C(=O)N(C)[C@H]1C. The van der Waals surface area contributed by atoms with Gasteiger partial charge in [0.05, 0.1) is 5.92 Å². The van der Waals surface area contributed by atoms with E-state index in [9.17, 15) is 4.79 Å². The lowest BCUT2D eigenvalue weighted by Gasteiger charge is -2.42. The highest BCUT2D eigenvalue weighted by Crippen LogP contribution is 2.26. The Morgan fingerprint density at radius 3 is 2.80 bits per heavy atom. The quantitative estimate of drug-likeness (QED) is 0.413. The zero-order valence-electron chi connectivity index (χ0n) is 6.50. The number of hydrogen-bond donors (Lipinski definition) is 0. The number of β-lactam (4-membered cyclic amide) rings is 1. The highest BCUT2D eigenvalue weighted by Gasteiger charge is 2.40. The summed E-state index contributed by atoms with van der Waals surface area (Å²) in [7, 11) is 1.84. The lowest BCUT2D eigenvalue weighted by molar-refractivity contribution is -0.151. The smallest absolute Gasteiger partial charge is 0.228 e. The van der Waals surface area contributed by atoms with Crippen LogP contribution in [0.1, 0.15) is 13.3 Å². The second-order valence-electron chi connectivity index (χ2n) is 2.82. The maximum absolute atomic E-state index is 11.0. The molecule has 0 bridgehead atoms. The van der Waals surface area contributed by atoms with E-state index < -0.39 is 0 Å². The molecule has 0 radical (unpaired) electrons. The second kappa shape index (κ2) is 2.45. The number of hydrogen-bond acceptors (Lipinski definition) is 1. The molecule has 1 rings (SSSR count). The molecule has 0 aliphatic carbocycles. The molecular formula is C8H13NO. The van der Waals surface area contributed by atoms with Crippen molar-refractivity contribution >= 4 is 5.91 Å². The van der Waals surface area contributed by atoms with Gasteiger partial charge in [-0.2, -0.15) is 0 Å². The number of amides is 1. The summed E-state index contributed by atoms with van der Waals surface area (Å²) in [4.78, 5) is 12.8. The fourth-order valence-corrected chi connectivity index (χ4v) is 1.33. The predicted octanol–water partition coefficient (Wildman–Crippen LogP) is 1.04. The number of nitrogens with zero attached hydrogens (tertiary/aromatic N) is 1. The molecule has 2 heteroatoms. The zero-order chi connectivity index (χ0) is 7.72. The summed E-state index contributed by atoms with van der Waals surface area (Å²) in [5, 5.41) is 0. The van der Waals surface area contributed by atoms with Crippen molar-refractivity contribution in [2.24, 2.45) is 5.92 Å². The summed E-state index contributed by atoms with van der Waals surface area (Å²) in [6, 6.07) is 0.408. The van der Waals surface area contributed by atoms with Crippen LogP contribution in [0.4, 0.5) is 0 Å². The van der Waals surface area contributed by atoms with E-state index in [0.717, 1.165) is 6.42 Å². The minimum absolute atomic E-state index is 0.211. The summed E-state index contributed by atoms with van der Waals surface area (Å²) in [6.07, 6.45) is 2.64. The van der Waals surface area contributed by atoms with Crippen molar-refractivity contribution in [3.05, 3.63) is 12.7 Å². The van der Waals surface area contributed by atoms with Crippen molar-refractivity contribution in [3.63, 3.8) is 0 Å². The number of carbonyl (C=O) groups is 1. The fraction of sp³-hybridized carbons (Fsp3) is 0.625. The maximum Gasteiger partial charge on any atom is 0.228 e. The van der Waals surface area contributed by atoms with Gasteiger partial charge in [-0.05, 0) is 13.3 Å². The van der Waals surface area contributed by atoms with E-state index in [0.29, 0.717) is 6.04 Å². The van der Waals surface area contributed by atoms with E-state index >= 15 is 0 Å². The maximum atomic E-state index is 11.0. The van der Waals surface area contributed by atoms with Gasteiger partial charge in [0.1, 0.15) is 0 Å². The Hall–Kier alpha value is -0.790. The molecule has 1 fully saturated rings. The molecule has 0 N–H and O–H groups in total. The Bertz CT molecular complexity index is 165. The van der Waals surface area contributed by atoms with Crippen LogP contribution < -0.4 is 0 Å². The molecule has 2 atom stereocenters. The Kier molecular flexibility index (Phi) is 1.79. The summed E-state index contributed by atoms with van der Waals surface area (Å²) in [5.41, 5.74) is 0. The average molecular weight is 139 g/mol. The first kappa shape index (κ1) is 7.32. The van der Waals surface area contributed by atoms with Gasteiger partial charge in [-0.3, -0.25) is 4.79 Å². The standard InChI is InChI=1S/C8H13NO/c1-4-5-7-6(2)9(3)8(7)10/h4,6-7H,1,5H2,2-3H3/t6-,7?/m0/s1. The lowest BCUT2D eigenvalue weighted by Crippen LogP contribution is -2.56. The average Bonchev–Trinajstić information content (AvgIpc) is 1.98. The normalized spacial score (nSPS) is 31.8. The highest BCUT2D eigenvalue weighted by atomic mass is 16.2. The monoisotopic (exact) mass is 139 g/mol. The molecule has 0 spiro atoms. The molecule has 1 amide bonds. The van der Waals surface area contributed by atoms with Crippen LogP contribution in [0, 0.1) is 5.92 Å². The van der Waals surface area contributed by atoms with Gasteiger partial charge in [0.15, 0.2) is 0 Å². The summed E-state index contributed by atoms with van der Waals surface area (Å²) >= 11 is 0. The largest absolute Gasteiger partial charge is 0.342 e. The van der Waals surface area contributed by atoms with Gasteiger partial charge in [0.25, 0.3) is 0 Å². The predicted molar refractivity (Wildman–Crippen MR) is 40.5 cm³/mol. The van der Waals surface area contributed by atoms with Gasteiger partial charge in [-0.25, -0.2) is 0 Å². The number of likely N-dealkylation sites (tertiary alicyclic amines) is 1. The minimum Gasteiger partial charge on any atom is -0.342 e. The van der Waals surface area contributed by atoms with Crippen molar-refractivity contribution in [1.82, 2.24) is 4.90 Å². The zero-order valence-corrected chi connectivity index (χ0v) is 6.50. The van der Waals surface area contributed by atoms with Gasteiger partial charge >= 0.3 is 0 Å². The molecule has 0 aromatic rings. The first-order valence-corrected chi connectivity index (χ1v) is 3.56. The molecule has 1 saturated heterocycles. The van der Waals surface area contributed by atoms with Crippen LogP contribution in [0.2, 0.25) is 0 Å². The number of carbonyl (C=O) groups excluding carboxylic acids is 1. The van der Waals surface area contributed by atoms with Gasteiger partial charge in [0.2, 0.25) is 5.91 Å². The molecule has 1 heterocycles. The van der Waals surface area contributed by atoms with Crippen molar-refractivity contribution in [2.75, 3.05) is 7.05 Å². The molecule has 1 aliphatic rings.